The highest BCUT2D eigenvalue weighted by atomic mass is 16.5. The second-order valence-corrected chi connectivity index (χ2v) is 17.1. The topological polar surface area (TPSA) is 124 Å². The van der Waals surface area contributed by atoms with Gasteiger partial charge >= 0.3 is 23.9 Å². The SMILES string of the molecule is CCCCCCCCCOc1ccc(C(=O)Oc2ccc(C(=O)Oc3ccc(Cc4ccc(OC(=O)c5ccc(OC(=O)c6ccc(OCCCCCCCCC)cc6)cc5)cc4)cc3)cc2)cc1. The lowest BCUT2D eigenvalue weighted by Gasteiger charge is -2.09. The normalized spacial score (nSPS) is 10.8. The van der Waals surface area contributed by atoms with Crippen molar-refractivity contribution in [1.82, 2.24) is 0 Å². The van der Waals surface area contributed by atoms with Crippen molar-refractivity contribution in [3.05, 3.63) is 179 Å². The average molecular weight is 933 g/mol. The van der Waals surface area contributed by atoms with Crippen LogP contribution in [0.2, 0.25) is 0 Å². The van der Waals surface area contributed by atoms with Crippen molar-refractivity contribution in [2.24, 2.45) is 0 Å². The Morgan fingerprint density at radius 1 is 0.290 bits per heavy atom. The number of carbonyl (C=O) groups is 4. The van der Waals surface area contributed by atoms with E-state index in [1.807, 2.05) is 24.3 Å². The summed E-state index contributed by atoms with van der Waals surface area (Å²) in [6.45, 7) is 5.73. The lowest BCUT2D eigenvalue weighted by molar-refractivity contribution is 0.0720. The molecule has 0 unspecified atom stereocenters. The minimum Gasteiger partial charge on any atom is -0.494 e. The van der Waals surface area contributed by atoms with Gasteiger partial charge in [-0.15, -0.1) is 0 Å². The Morgan fingerprint density at radius 2 is 0.522 bits per heavy atom. The van der Waals surface area contributed by atoms with Gasteiger partial charge in [0.1, 0.15) is 34.5 Å². The predicted octanol–water partition coefficient (Wildman–Crippen LogP) is 14.4. The maximum atomic E-state index is 12.9. The van der Waals surface area contributed by atoms with E-state index in [1.165, 1.54) is 64.2 Å². The fourth-order valence-electron chi connectivity index (χ4n) is 7.44. The lowest BCUT2D eigenvalue weighted by atomic mass is 10.0. The molecule has 0 aliphatic carbocycles. The van der Waals surface area contributed by atoms with Crippen molar-refractivity contribution < 1.29 is 47.6 Å². The second kappa shape index (κ2) is 28.2. The molecular weight excluding hydrogens is 869 g/mol. The van der Waals surface area contributed by atoms with Crippen LogP contribution in [0.25, 0.3) is 0 Å². The van der Waals surface area contributed by atoms with E-state index in [4.69, 9.17) is 28.4 Å². The van der Waals surface area contributed by atoms with Crippen molar-refractivity contribution in [3.8, 4) is 34.5 Å². The standard InChI is InChI=1S/C59H64O10/c1-3-5-7-9-11-13-15-41-64-50-33-21-46(22-34-50)56(60)68-54-37-25-48(26-38-54)58(62)66-52-29-17-44(18-30-52)43-45-19-31-53(32-20-45)67-59(63)49-27-39-55(40-28-49)69-57(61)47-23-35-51(36-24-47)65-42-16-14-12-10-8-6-4-2/h17-40H,3-16,41-43H2,1-2H3. The Bertz CT molecular complexity index is 2300. The number of hydrogen-bond acceptors (Lipinski definition) is 10. The van der Waals surface area contributed by atoms with Crippen LogP contribution in [0.1, 0.15) is 156 Å². The number of carbonyl (C=O) groups excluding carboxylic acids is 4. The van der Waals surface area contributed by atoms with E-state index in [2.05, 4.69) is 13.8 Å². The summed E-state index contributed by atoms with van der Waals surface area (Å²) in [6, 6.07) is 40.6. The number of benzene rings is 6. The molecule has 0 N–H and O–H groups in total. The zero-order valence-electron chi connectivity index (χ0n) is 40.0. The van der Waals surface area contributed by atoms with E-state index >= 15 is 0 Å². The molecular formula is C59H64O10. The van der Waals surface area contributed by atoms with Gasteiger partial charge in [0, 0.05) is 0 Å². The van der Waals surface area contributed by atoms with Crippen LogP contribution >= 0.6 is 0 Å². The first-order valence-electron chi connectivity index (χ1n) is 24.5. The summed E-state index contributed by atoms with van der Waals surface area (Å²) in [5.74, 6) is 0.673. The van der Waals surface area contributed by atoms with Gasteiger partial charge in [0.15, 0.2) is 0 Å². The molecule has 6 rings (SSSR count). The fourth-order valence-corrected chi connectivity index (χ4v) is 7.44. The molecule has 0 atom stereocenters. The van der Waals surface area contributed by atoms with Gasteiger partial charge in [-0.25, -0.2) is 19.2 Å². The highest BCUT2D eigenvalue weighted by Gasteiger charge is 2.15. The number of ether oxygens (including phenoxy) is 6. The van der Waals surface area contributed by atoms with E-state index in [0.717, 1.165) is 36.8 Å². The first kappa shape index (κ1) is 51.2. The second-order valence-electron chi connectivity index (χ2n) is 17.1. The summed E-state index contributed by atoms with van der Waals surface area (Å²) in [6.07, 6.45) is 17.6. The quantitative estimate of drug-likeness (QED) is 0.0267. The maximum absolute atomic E-state index is 12.9. The van der Waals surface area contributed by atoms with Gasteiger partial charge < -0.3 is 28.4 Å². The molecule has 10 heteroatoms. The average Bonchev–Trinajstić information content (AvgIpc) is 3.37. The van der Waals surface area contributed by atoms with Crippen LogP contribution in [0.4, 0.5) is 0 Å². The van der Waals surface area contributed by atoms with Crippen LogP contribution in [0, 0.1) is 0 Å². The monoisotopic (exact) mass is 932 g/mol. The van der Waals surface area contributed by atoms with Gasteiger partial charge in [-0.2, -0.15) is 0 Å². The third-order valence-corrected chi connectivity index (χ3v) is 11.5. The maximum Gasteiger partial charge on any atom is 0.343 e. The number of unbranched alkanes of at least 4 members (excludes halogenated alkanes) is 12. The van der Waals surface area contributed by atoms with Gasteiger partial charge in [-0.3, -0.25) is 0 Å². The van der Waals surface area contributed by atoms with Gasteiger partial charge in [0.2, 0.25) is 0 Å². The molecule has 6 aromatic rings. The fraction of sp³-hybridized carbons (Fsp3) is 0.322. The highest BCUT2D eigenvalue weighted by Crippen LogP contribution is 2.23. The van der Waals surface area contributed by atoms with E-state index in [-0.39, 0.29) is 0 Å². The first-order chi connectivity index (χ1) is 33.8. The van der Waals surface area contributed by atoms with Gasteiger partial charge in [0.25, 0.3) is 0 Å². The Hall–Kier alpha value is -7.20. The summed E-state index contributed by atoms with van der Waals surface area (Å²) >= 11 is 0. The zero-order valence-corrected chi connectivity index (χ0v) is 40.0. The van der Waals surface area contributed by atoms with E-state index < -0.39 is 23.9 Å². The third-order valence-electron chi connectivity index (χ3n) is 11.5. The van der Waals surface area contributed by atoms with Crippen molar-refractivity contribution in [3.63, 3.8) is 0 Å². The molecule has 0 saturated carbocycles. The molecule has 10 nitrogen and oxygen atoms in total. The Balaban J connectivity index is 0.874. The molecule has 0 aliphatic heterocycles. The number of hydrogen-bond donors (Lipinski definition) is 0. The Kier molecular flexibility index (Phi) is 20.9. The van der Waals surface area contributed by atoms with Gasteiger partial charge in [-0.05, 0) is 152 Å². The molecule has 6 aromatic carbocycles. The van der Waals surface area contributed by atoms with Crippen LogP contribution < -0.4 is 28.4 Å². The molecule has 0 amide bonds. The van der Waals surface area contributed by atoms with Crippen LogP contribution in [0.15, 0.2) is 146 Å². The summed E-state index contributed by atoms with van der Waals surface area (Å²) in [7, 11) is 0. The summed E-state index contributed by atoms with van der Waals surface area (Å²) in [4.78, 5) is 51.3. The number of rotatable bonds is 28. The molecule has 0 radical (unpaired) electrons. The van der Waals surface area contributed by atoms with Crippen LogP contribution in [-0.2, 0) is 6.42 Å². The third kappa shape index (κ3) is 17.8. The Labute approximate surface area is 406 Å². The molecule has 360 valence electrons. The molecule has 0 aliphatic rings. The van der Waals surface area contributed by atoms with Crippen molar-refractivity contribution in [2.75, 3.05) is 13.2 Å². The summed E-state index contributed by atoms with van der Waals surface area (Å²) in [5.41, 5.74) is 3.36. The lowest BCUT2D eigenvalue weighted by Crippen LogP contribution is -2.10. The van der Waals surface area contributed by atoms with Crippen LogP contribution in [0.5, 0.6) is 34.5 Å². The molecule has 0 saturated heterocycles. The highest BCUT2D eigenvalue weighted by molar-refractivity contribution is 5.94. The molecule has 0 aromatic heterocycles. The van der Waals surface area contributed by atoms with Crippen molar-refractivity contribution >= 4 is 23.9 Å². The number of esters is 4. The van der Waals surface area contributed by atoms with Gasteiger partial charge in [-0.1, -0.05) is 115 Å². The largest absolute Gasteiger partial charge is 0.494 e. The van der Waals surface area contributed by atoms with Crippen LogP contribution in [0.3, 0.4) is 0 Å². The van der Waals surface area contributed by atoms with E-state index in [9.17, 15) is 19.2 Å². The first-order valence-corrected chi connectivity index (χ1v) is 24.5. The smallest absolute Gasteiger partial charge is 0.343 e. The minimum atomic E-state index is -0.547. The van der Waals surface area contributed by atoms with Crippen molar-refractivity contribution in [2.45, 2.75) is 110 Å². The summed E-state index contributed by atoms with van der Waals surface area (Å²) in [5, 5.41) is 0. The van der Waals surface area contributed by atoms with Gasteiger partial charge in [0.05, 0.1) is 35.5 Å². The van der Waals surface area contributed by atoms with Crippen molar-refractivity contribution in [1.29, 1.82) is 0 Å². The molecule has 0 bridgehead atoms. The Morgan fingerprint density at radius 3 is 0.797 bits per heavy atom. The zero-order chi connectivity index (χ0) is 48.5. The van der Waals surface area contributed by atoms with Crippen LogP contribution in [-0.4, -0.2) is 37.1 Å². The van der Waals surface area contributed by atoms with E-state index in [0.29, 0.717) is 76.4 Å². The summed E-state index contributed by atoms with van der Waals surface area (Å²) < 4.78 is 33.9. The molecule has 0 fully saturated rings. The van der Waals surface area contributed by atoms with E-state index in [1.54, 1.807) is 121 Å². The minimum absolute atomic E-state index is 0.302. The predicted molar refractivity (Wildman–Crippen MR) is 268 cm³/mol. The molecule has 0 spiro atoms. The molecule has 69 heavy (non-hydrogen) atoms. The molecule has 0 heterocycles.